The van der Waals surface area contributed by atoms with E-state index in [-0.39, 0.29) is 11.4 Å². The van der Waals surface area contributed by atoms with Crippen LogP contribution in [0, 0.1) is 17.1 Å². The summed E-state index contributed by atoms with van der Waals surface area (Å²) in [6, 6.07) is 8.22. The van der Waals surface area contributed by atoms with Crippen molar-refractivity contribution >= 4 is 11.9 Å². The van der Waals surface area contributed by atoms with Gasteiger partial charge < -0.3 is 4.98 Å². The van der Waals surface area contributed by atoms with Crippen LogP contribution in [0.5, 0.6) is 0 Å². The maximum atomic E-state index is 13.8. The SMILES string of the molecule is CC(C)(C)NSc1c[nH]c(-c2cc(C#N)ccc2F)c1. The van der Waals surface area contributed by atoms with Crippen molar-refractivity contribution in [3.05, 3.63) is 41.8 Å². The minimum absolute atomic E-state index is 0.00588. The highest BCUT2D eigenvalue weighted by Gasteiger charge is 2.12. The van der Waals surface area contributed by atoms with Crippen LogP contribution in [0.2, 0.25) is 0 Å². The third-order valence-electron chi connectivity index (χ3n) is 2.52. The molecule has 0 saturated carbocycles. The van der Waals surface area contributed by atoms with Gasteiger partial charge in [0.2, 0.25) is 0 Å². The lowest BCUT2D eigenvalue weighted by Crippen LogP contribution is -2.29. The highest BCUT2D eigenvalue weighted by Crippen LogP contribution is 2.27. The summed E-state index contributed by atoms with van der Waals surface area (Å²) >= 11 is 1.49. The first-order chi connectivity index (χ1) is 9.39. The number of nitriles is 1. The highest BCUT2D eigenvalue weighted by atomic mass is 32.2. The molecule has 104 valence electrons. The molecule has 3 nitrogen and oxygen atoms in total. The van der Waals surface area contributed by atoms with Crippen LogP contribution in [-0.2, 0) is 0 Å². The van der Waals surface area contributed by atoms with Crippen LogP contribution >= 0.6 is 11.9 Å². The molecule has 0 atom stereocenters. The zero-order valence-electron chi connectivity index (χ0n) is 11.6. The molecule has 0 fully saturated rings. The van der Waals surface area contributed by atoms with E-state index in [9.17, 15) is 4.39 Å². The molecule has 0 spiro atoms. The Morgan fingerprint density at radius 2 is 2.05 bits per heavy atom. The largest absolute Gasteiger partial charge is 0.360 e. The van der Waals surface area contributed by atoms with E-state index < -0.39 is 0 Å². The van der Waals surface area contributed by atoms with Crippen molar-refractivity contribution in [1.29, 1.82) is 5.26 Å². The first-order valence-electron chi connectivity index (χ1n) is 6.21. The average Bonchev–Trinajstić information content (AvgIpc) is 2.85. The van der Waals surface area contributed by atoms with Gasteiger partial charge in [0.15, 0.2) is 0 Å². The second kappa shape index (κ2) is 5.70. The van der Waals surface area contributed by atoms with Crippen molar-refractivity contribution in [2.75, 3.05) is 0 Å². The van der Waals surface area contributed by atoms with Gasteiger partial charge in [-0.3, -0.25) is 4.72 Å². The predicted octanol–water partition coefficient (Wildman–Crippen LogP) is 4.09. The normalized spacial score (nSPS) is 11.3. The van der Waals surface area contributed by atoms with E-state index in [1.807, 2.05) is 18.3 Å². The summed E-state index contributed by atoms with van der Waals surface area (Å²) in [6.45, 7) is 6.22. The van der Waals surface area contributed by atoms with E-state index in [1.54, 1.807) is 6.07 Å². The molecule has 1 aromatic heterocycles. The van der Waals surface area contributed by atoms with Gasteiger partial charge in [-0.05, 0) is 57.0 Å². The predicted molar refractivity (Wildman–Crippen MR) is 79.6 cm³/mol. The molecule has 0 saturated heterocycles. The van der Waals surface area contributed by atoms with E-state index in [0.717, 1.165) is 4.90 Å². The molecule has 0 radical (unpaired) electrons. The van der Waals surface area contributed by atoms with Crippen LogP contribution in [0.1, 0.15) is 26.3 Å². The Balaban J connectivity index is 2.23. The van der Waals surface area contributed by atoms with Gasteiger partial charge in [0, 0.05) is 27.9 Å². The number of hydrogen-bond donors (Lipinski definition) is 2. The molecule has 0 unspecified atom stereocenters. The van der Waals surface area contributed by atoms with Crippen molar-refractivity contribution < 1.29 is 4.39 Å². The van der Waals surface area contributed by atoms with Gasteiger partial charge in [-0.2, -0.15) is 5.26 Å². The van der Waals surface area contributed by atoms with Gasteiger partial charge in [0.1, 0.15) is 5.82 Å². The zero-order chi connectivity index (χ0) is 14.8. The summed E-state index contributed by atoms with van der Waals surface area (Å²) in [5, 5.41) is 8.88. The third kappa shape index (κ3) is 3.62. The number of nitrogens with one attached hydrogen (secondary N) is 2. The molecule has 2 rings (SSSR count). The lowest BCUT2D eigenvalue weighted by atomic mass is 10.1. The Morgan fingerprint density at radius 1 is 1.30 bits per heavy atom. The van der Waals surface area contributed by atoms with E-state index >= 15 is 0 Å². The van der Waals surface area contributed by atoms with Gasteiger partial charge in [0.25, 0.3) is 0 Å². The van der Waals surface area contributed by atoms with Crippen LogP contribution in [-0.4, -0.2) is 10.5 Å². The number of halogens is 1. The first kappa shape index (κ1) is 14.6. The molecular formula is C15H16FN3S. The summed E-state index contributed by atoms with van der Waals surface area (Å²) < 4.78 is 17.1. The summed E-state index contributed by atoms with van der Waals surface area (Å²) in [4.78, 5) is 4.01. The van der Waals surface area contributed by atoms with Gasteiger partial charge >= 0.3 is 0 Å². The molecule has 20 heavy (non-hydrogen) atoms. The molecule has 0 aliphatic rings. The maximum absolute atomic E-state index is 13.8. The fraction of sp³-hybridized carbons (Fsp3) is 0.267. The molecule has 0 bridgehead atoms. The van der Waals surface area contributed by atoms with Crippen LogP contribution in [0.25, 0.3) is 11.3 Å². The Hall–Kier alpha value is -1.77. The minimum atomic E-state index is -0.341. The molecule has 0 aliphatic heterocycles. The number of H-pyrrole nitrogens is 1. The van der Waals surface area contributed by atoms with Crippen LogP contribution in [0.15, 0.2) is 35.4 Å². The van der Waals surface area contributed by atoms with Crippen LogP contribution < -0.4 is 4.72 Å². The molecule has 1 heterocycles. The van der Waals surface area contributed by atoms with Gasteiger partial charge in [-0.1, -0.05) is 0 Å². The zero-order valence-corrected chi connectivity index (χ0v) is 12.4. The highest BCUT2D eigenvalue weighted by molar-refractivity contribution is 7.97. The van der Waals surface area contributed by atoms with E-state index in [4.69, 9.17) is 5.26 Å². The smallest absolute Gasteiger partial charge is 0.132 e. The van der Waals surface area contributed by atoms with Gasteiger partial charge in [-0.25, -0.2) is 4.39 Å². The number of rotatable bonds is 3. The number of aromatic amines is 1. The summed E-state index contributed by atoms with van der Waals surface area (Å²) in [5.74, 6) is -0.341. The monoisotopic (exact) mass is 289 g/mol. The second-order valence-corrected chi connectivity index (χ2v) is 6.39. The Morgan fingerprint density at radius 3 is 2.70 bits per heavy atom. The van der Waals surface area contributed by atoms with Crippen molar-refractivity contribution in [2.24, 2.45) is 0 Å². The fourth-order valence-corrected chi connectivity index (χ4v) is 2.32. The quantitative estimate of drug-likeness (QED) is 0.837. The lowest BCUT2D eigenvalue weighted by molar-refractivity contribution is 0.535. The number of aromatic nitrogens is 1. The van der Waals surface area contributed by atoms with Crippen LogP contribution in [0.3, 0.4) is 0 Å². The Labute approximate surface area is 122 Å². The molecular weight excluding hydrogens is 273 g/mol. The molecule has 2 aromatic rings. The number of nitrogens with zero attached hydrogens (tertiary/aromatic N) is 1. The van der Waals surface area contributed by atoms with Crippen molar-refractivity contribution in [3.8, 4) is 17.3 Å². The van der Waals surface area contributed by atoms with E-state index in [2.05, 4.69) is 30.5 Å². The van der Waals surface area contributed by atoms with Gasteiger partial charge in [0.05, 0.1) is 11.6 Å². The molecule has 1 aromatic carbocycles. The second-order valence-electron chi connectivity index (χ2n) is 5.51. The van der Waals surface area contributed by atoms with Crippen molar-refractivity contribution in [3.63, 3.8) is 0 Å². The Kier molecular flexibility index (Phi) is 4.17. The summed E-state index contributed by atoms with van der Waals surface area (Å²) in [7, 11) is 0. The fourth-order valence-electron chi connectivity index (χ4n) is 1.60. The lowest BCUT2D eigenvalue weighted by Gasteiger charge is -2.18. The number of hydrogen-bond acceptors (Lipinski definition) is 3. The summed E-state index contributed by atoms with van der Waals surface area (Å²) in [5.41, 5.74) is 1.51. The standard InChI is InChI=1S/C15H16FN3S/c1-15(2,3)19-20-11-7-14(18-9-11)12-6-10(8-17)4-5-13(12)16/h4-7,9,18-19H,1-3H3. The van der Waals surface area contributed by atoms with Crippen LogP contribution in [0.4, 0.5) is 4.39 Å². The molecule has 0 aliphatic carbocycles. The number of benzene rings is 1. The van der Waals surface area contributed by atoms with E-state index in [1.165, 1.54) is 24.1 Å². The molecule has 5 heteroatoms. The van der Waals surface area contributed by atoms with Crippen molar-refractivity contribution in [1.82, 2.24) is 9.71 Å². The minimum Gasteiger partial charge on any atom is -0.360 e. The molecule has 0 amide bonds. The topological polar surface area (TPSA) is 51.6 Å². The first-order valence-corrected chi connectivity index (χ1v) is 7.03. The summed E-state index contributed by atoms with van der Waals surface area (Å²) in [6.07, 6.45) is 1.82. The van der Waals surface area contributed by atoms with E-state index in [0.29, 0.717) is 16.8 Å². The van der Waals surface area contributed by atoms with Gasteiger partial charge in [-0.15, -0.1) is 0 Å². The average molecular weight is 289 g/mol. The Bertz CT molecular complexity index is 650. The third-order valence-corrected chi connectivity index (χ3v) is 3.70. The van der Waals surface area contributed by atoms with Crippen molar-refractivity contribution in [2.45, 2.75) is 31.2 Å². The maximum Gasteiger partial charge on any atom is 0.132 e. The molecule has 2 N–H and O–H groups in total.